The van der Waals surface area contributed by atoms with Crippen molar-refractivity contribution in [3.05, 3.63) is 29.3 Å². The van der Waals surface area contributed by atoms with Crippen molar-refractivity contribution in [3.63, 3.8) is 0 Å². The summed E-state index contributed by atoms with van der Waals surface area (Å²) in [4.78, 5) is 11.0. The zero-order valence-electron chi connectivity index (χ0n) is 9.00. The van der Waals surface area contributed by atoms with Gasteiger partial charge in [-0.1, -0.05) is 6.07 Å². The third kappa shape index (κ3) is 2.01. The summed E-state index contributed by atoms with van der Waals surface area (Å²) < 4.78 is 28.6. The van der Waals surface area contributed by atoms with Gasteiger partial charge in [0, 0.05) is 12.5 Å². The summed E-state index contributed by atoms with van der Waals surface area (Å²) in [6.45, 7) is 1.23. The second-order valence-corrected chi connectivity index (χ2v) is 5.75. The molecule has 17 heavy (non-hydrogen) atoms. The van der Waals surface area contributed by atoms with Crippen LogP contribution in [0.1, 0.15) is 24.2 Å². The van der Waals surface area contributed by atoms with Crippen molar-refractivity contribution in [3.8, 4) is 6.07 Å². The van der Waals surface area contributed by atoms with Gasteiger partial charge in [-0.05, 0) is 12.1 Å². The van der Waals surface area contributed by atoms with E-state index in [4.69, 9.17) is 10.00 Å². The molecule has 0 radical (unpaired) electrons. The summed E-state index contributed by atoms with van der Waals surface area (Å²) in [5.74, 6) is -0.779. The van der Waals surface area contributed by atoms with Crippen LogP contribution in [-0.4, -0.2) is 20.1 Å². The topological polar surface area (TPSA) is 84.2 Å². The van der Waals surface area contributed by atoms with Crippen molar-refractivity contribution in [2.24, 2.45) is 0 Å². The van der Waals surface area contributed by atoms with Crippen molar-refractivity contribution in [1.29, 1.82) is 5.26 Å². The van der Waals surface area contributed by atoms with E-state index in [-0.39, 0.29) is 16.2 Å². The molecule has 0 N–H and O–H groups in total. The minimum absolute atomic E-state index is 0.0859. The number of nitriles is 1. The Morgan fingerprint density at radius 1 is 1.53 bits per heavy atom. The van der Waals surface area contributed by atoms with Crippen LogP contribution in [0.2, 0.25) is 0 Å². The smallest absolute Gasteiger partial charge is 0.303 e. The zero-order valence-corrected chi connectivity index (χ0v) is 9.82. The molecule has 0 aromatic heterocycles. The molecule has 0 aliphatic carbocycles. The van der Waals surface area contributed by atoms with Crippen molar-refractivity contribution in [2.45, 2.75) is 17.9 Å². The summed E-state index contributed by atoms with van der Waals surface area (Å²) in [6.07, 6.45) is -0.764. The highest BCUT2D eigenvalue weighted by molar-refractivity contribution is 7.91. The van der Waals surface area contributed by atoms with Gasteiger partial charge in [-0.2, -0.15) is 5.26 Å². The summed E-state index contributed by atoms with van der Waals surface area (Å²) >= 11 is 0. The second kappa shape index (κ2) is 3.86. The first-order valence-electron chi connectivity index (χ1n) is 4.88. The van der Waals surface area contributed by atoms with Crippen molar-refractivity contribution in [2.75, 3.05) is 5.75 Å². The lowest BCUT2D eigenvalue weighted by Crippen LogP contribution is -2.10. The molecule has 2 rings (SSSR count). The van der Waals surface area contributed by atoms with Crippen LogP contribution in [0, 0.1) is 11.3 Å². The molecule has 0 amide bonds. The molecule has 88 valence electrons. The van der Waals surface area contributed by atoms with E-state index < -0.39 is 21.9 Å². The van der Waals surface area contributed by atoms with E-state index in [1.165, 1.54) is 25.1 Å². The lowest BCUT2D eigenvalue weighted by molar-refractivity contribution is -0.145. The van der Waals surface area contributed by atoms with E-state index in [1.807, 2.05) is 6.07 Å². The van der Waals surface area contributed by atoms with Gasteiger partial charge in [-0.25, -0.2) is 8.42 Å². The Bertz CT molecular complexity index is 627. The lowest BCUT2D eigenvalue weighted by atomic mass is 10.1. The van der Waals surface area contributed by atoms with Crippen LogP contribution >= 0.6 is 0 Å². The number of hydrogen-bond acceptors (Lipinski definition) is 5. The number of esters is 1. The van der Waals surface area contributed by atoms with Crippen LogP contribution in [0.5, 0.6) is 0 Å². The molecule has 1 aromatic rings. The van der Waals surface area contributed by atoms with E-state index >= 15 is 0 Å². The Morgan fingerprint density at radius 2 is 2.24 bits per heavy atom. The maximum Gasteiger partial charge on any atom is 0.303 e. The van der Waals surface area contributed by atoms with Crippen LogP contribution in [0.3, 0.4) is 0 Å². The number of benzene rings is 1. The molecule has 1 heterocycles. The van der Waals surface area contributed by atoms with Crippen LogP contribution in [-0.2, 0) is 19.4 Å². The third-order valence-electron chi connectivity index (χ3n) is 2.50. The number of nitrogens with zero attached hydrogens (tertiary/aromatic N) is 1. The summed E-state index contributed by atoms with van der Waals surface area (Å²) in [7, 11) is -3.46. The first-order chi connectivity index (χ1) is 7.94. The van der Waals surface area contributed by atoms with Crippen LogP contribution in [0.4, 0.5) is 0 Å². The molecular weight excluding hydrogens is 242 g/mol. The molecule has 5 nitrogen and oxygen atoms in total. The highest BCUT2D eigenvalue weighted by atomic mass is 32.2. The molecule has 6 heteroatoms. The van der Waals surface area contributed by atoms with Gasteiger partial charge in [0.2, 0.25) is 0 Å². The maximum absolute atomic E-state index is 11.8. The second-order valence-electron chi connectivity index (χ2n) is 3.74. The number of hydrogen-bond donors (Lipinski definition) is 0. The molecule has 0 saturated heterocycles. The Hall–Kier alpha value is -1.87. The largest absolute Gasteiger partial charge is 0.457 e. The summed E-state index contributed by atoms with van der Waals surface area (Å²) in [6, 6.07) is 6.22. The Morgan fingerprint density at radius 3 is 2.82 bits per heavy atom. The predicted octanol–water partition coefficient (Wildman–Crippen LogP) is 0.950. The van der Waals surface area contributed by atoms with E-state index in [2.05, 4.69) is 0 Å². The maximum atomic E-state index is 11.8. The standard InChI is InChI=1S/C11H9NO4S/c1-7(13)16-10-6-17(14,15)11-4-8(5-12)2-3-9(10)11/h2-4,10H,6H2,1H3. The molecule has 1 aliphatic heterocycles. The van der Waals surface area contributed by atoms with Gasteiger partial charge in [0.25, 0.3) is 0 Å². The van der Waals surface area contributed by atoms with Gasteiger partial charge in [0.1, 0.15) is 6.10 Å². The molecule has 1 aliphatic rings. The van der Waals surface area contributed by atoms with Crippen molar-refractivity contribution < 1.29 is 17.9 Å². The van der Waals surface area contributed by atoms with Gasteiger partial charge in [0.15, 0.2) is 9.84 Å². The average Bonchev–Trinajstić information content (AvgIpc) is 2.49. The zero-order chi connectivity index (χ0) is 12.6. The molecule has 1 unspecified atom stereocenters. The summed E-state index contributed by atoms with van der Waals surface area (Å²) in [5.41, 5.74) is 0.718. The Balaban J connectivity index is 2.53. The number of carbonyl (C=O) groups excluding carboxylic acids is 1. The fourth-order valence-electron chi connectivity index (χ4n) is 1.82. The minimum atomic E-state index is -3.46. The molecule has 0 saturated carbocycles. The van der Waals surface area contributed by atoms with Gasteiger partial charge in [-0.15, -0.1) is 0 Å². The third-order valence-corrected chi connectivity index (χ3v) is 4.27. The van der Waals surface area contributed by atoms with Gasteiger partial charge in [0.05, 0.1) is 22.3 Å². The van der Waals surface area contributed by atoms with Crippen molar-refractivity contribution >= 4 is 15.8 Å². The first-order valence-corrected chi connectivity index (χ1v) is 6.53. The number of carbonyl (C=O) groups is 1. The van der Waals surface area contributed by atoms with Crippen LogP contribution in [0.15, 0.2) is 23.1 Å². The first kappa shape index (κ1) is 11.6. The number of rotatable bonds is 1. The number of sulfone groups is 1. The predicted molar refractivity (Wildman–Crippen MR) is 57.7 cm³/mol. The number of ether oxygens (including phenoxy) is 1. The van der Waals surface area contributed by atoms with E-state index in [0.717, 1.165) is 0 Å². The normalized spacial score (nSPS) is 20.4. The Labute approximate surface area is 98.5 Å². The molecule has 0 fully saturated rings. The van der Waals surface area contributed by atoms with Crippen LogP contribution in [0.25, 0.3) is 0 Å². The molecule has 1 atom stereocenters. The van der Waals surface area contributed by atoms with Gasteiger partial charge in [-0.3, -0.25) is 4.79 Å². The summed E-state index contributed by atoms with van der Waals surface area (Å²) in [5, 5.41) is 8.72. The average molecular weight is 251 g/mol. The molecule has 1 aromatic carbocycles. The minimum Gasteiger partial charge on any atom is -0.457 e. The number of fused-ring (bicyclic) bond motifs is 1. The van der Waals surface area contributed by atoms with Crippen molar-refractivity contribution in [1.82, 2.24) is 0 Å². The lowest BCUT2D eigenvalue weighted by Gasteiger charge is -2.09. The highest BCUT2D eigenvalue weighted by Gasteiger charge is 2.36. The fraction of sp³-hybridized carbons (Fsp3) is 0.273. The molecule has 0 bridgehead atoms. The highest BCUT2D eigenvalue weighted by Crippen LogP contribution is 2.36. The van der Waals surface area contributed by atoms with E-state index in [0.29, 0.717) is 5.56 Å². The van der Waals surface area contributed by atoms with Crippen LogP contribution < -0.4 is 0 Å². The quantitative estimate of drug-likeness (QED) is 0.694. The van der Waals surface area contributed by atoms with Gasteiger partial charge < -0.3 is 4.74 Å². The fourth-order valence-corrected chi connectivity index (χ4v) is 3.51. The Kier molecular flexibility index (Phi) is 2.63. The SMILES string of the molecule is CC(=O)OC1CS(=O)(=O)c2cc(C#N)ccc21. The van der Waals surface area contributed by atoms with E-state index in [1.54, 1.807) is 0 Å². The molecule has 0 spiro atoms. The van der Waals surface area contributed by atoms with E-state index in [9.17, 15) is 13.2 Å². The monoisotopic (exact) mass is 251 g/mol. The molecular formula is C11H9NO4S. The van der Waals surface area contributed by atoms with Gasteiger partial charge >= 0.3 is 5.97 Å².